The van der Waals surface area contributed by atoms with Crippen molar-refractivity contribution in [1.82, 2.24) is 14.4 Å². The van der Waals surface area contributed by atoms with Crippen molar-refractivity contribution in [1.29, 1.82) is 0 Å². The number of nitrogens with zero attached hydrogens (tertiary/aromatic N) is 4. The maximum absolute atomic E-state index is 5.41. The number of fused-ring (bicyclic) bond motifs is 1. The summed E-state index contributed by atoms with van der Waals surface area (Å²) in [7, 11) is 0. The number of aryl methyl sites for hydroxylation is 1. The summed E-state index contributed by atoms with van der Waals surface area (Å²) in [5, 5.41) is 0. The first-order chi connectivity index (χ1) is 8.79. The van der Waals surface area contributed by atoms with Crippen LogP contribution in [0.25, 0.3) is 5.65 Å². The summed E-state index contributed by atoms with van der Waals surface area (Å²) in [5.41, 5.74) is 2.49. The van der Waals surface area contributed by atoms with Crippen molar-refractivity contribution in [2.75, 3.05) is 31.2 Å². The second kappa shape index (κ2) is 4.31. The van der Waals surface area contributed by atoms with Gasteiger partial charge in [-0.05, 0) is 12.8 Å². The second-order valence-corrected chi connectivity index (χ2v) is 4.29. The Morgan fingerprint density at radius 2 is 2.17 bits per heavy atom. The molecule has 5 nitrogen and oxygen atoms in total. The SMILES string of the molecule is C#Cc1cn2c(C)cnc(N3CCOCC3)c2n1. The summed E-state index contributed by atoms with van der Waals surface area (Å²) in [6, 6.07) is 0. The first kappa shape index (κ1) is 11.1. The molecule has 92 valence electrons. The largest absolute Gasteiger partial charge is 0.378 e. The zero-order valence-corrected chi connectivity index (χ0v) is 10.3. The Hall–Kier alpha value is -2.06. The Labute approximate surface area is 105 Å². The monoisotopic (exact) mass is 242 g/mol. The number of imidazole rings is 1. The maximum atomic E-state index is 5.41. The first-order valence-electron chi connectivity index (χ1n) is 5.93. The van der Waals surface area contributed by atoms with Gasteiger partial charge >= 0.3 is 0 Å². The van der Waals surface area contributed by atoms with E-state index in [1.807, 2.05) is 23.7 Å². The summed E-state index contributed by atoms with van der Waals surface area (Å²) in [6.07, 6.45) is 9.13. The lowest BCUT2D eigenvalue weighted by Crippen LogP contribution is -2.37. The number of hydrogen-bond acceptors (Lipinski definition) is 4. The van der Waals surface area contributed by atoms with Crippen LogP contribution in [0, 0.1) is 19.3 Å². The number of rotatable bonds is 1. The molecule has 0 saturated carbocycles. The van der Waals surface area contributed by atoms with Gasteiger partial charge in [-0.1, -0.05) is 0 Å². The van der Waals surface area contributed by atoms with Gasteiger partial charge in [0.25, 0.3) is 0 Å². The molecule has 2 aromatic heterocycles. The molecule has 18 heavy (non-hydrogen) atoms. The maximum Gasteiger partial charge on any atom is 0.181 e. The number of morpholine rings is 1. The standard InChI is InChI=1S/C13H14N4O/c1-3-11-9-17-10(2)8-14-12(13(17)15-11)16-4-6-18-7-5-16/h1,8-9H,4-7H2,2H3. The van der Waals surface area contributed by atoms with Crippen LogP contribution in [0.15, 0.2) is 12.4 Å². The van der Waals surface area contributed by atoms with Crippen LogP contribution < -0.4 is 4.90 Å². The zero-order chi connectivity index (χ0) is 12.5. The van der Waals surface area contributed by atoms with Crippen LogP contribution in [0.1, 0.15) is 11.4 Å². The van der Waals surface area contributed by atoms with Gasteiger partial charge in [0.15, 0.2) is 11.5 Å². The predicted octanol–water partition coefficient (Wildman–Crippen LogP) is 0.856. The van der Waals surface area contributed by atoms with Crippen molar-refractivity contribution in [3.8, 4) is 12.3 Å². The zero-order valence-electron chi connectivity index (χ0n) is 10.3. The molecule has 0 aliphatic carbocycles. The normalized spacial score (nSPS) is 15.9. The van der Waals surface area contributed by atoms with Gasteiger partial charge in [-0.25, -0.2) is 9.97 Å². The highest BCUT2D eigenvalue weighted by Gasteiger charge is 2.17. The quantitative estimate of drug-likeness (QED) is 0.695. The van der Waals surface area contributed by atoms with Gasteiger partial charge in [0.2, 0.25) is 0 Å². The van der Waals surface area contributed by atoms with Crippen LogP contribution in [0.2, 0.25) is 0 Å². The van der Waals surface area contributed by atoms with Gasteiger partial charge in [0.1, 0.15) is 5.69 Å². The Morgan fingerprint density at radius 3 is 2.89 bits per heavy atom. The van der Waals surface area contributed by atoms with Crippen molar-refractivity contribution in [3.05, 3.63) is 23.8 Å². The van der Waals surface area contributed by atoms with E-state index in [0.717, 1.165) is 43.5 Å². The molecule has 1 saturated heterocycles. The van der Waals surface area contributed by atoms with Crippen molar-refractivity contribution in [2.45, 2.75) is 6.92 Å². The van der Waals surface area contributed by atoms with E-state index in [9.17, 15) is 0 Å². The van der Waals surface area contributed by atoms with Gasteiger partial charge in [-0.2, -0.15) is 0 Å². The molecule has 0 radical (unpaired) electrons. The van der Waals surface area contributed by atoms with Gasteiger partial charge in [0.05, 0.1) is 13.2 Å². The van der Waals surface area contributed by atoms with E-state index in [0.29, 0.717) is 5.69 Å². The van der Waals surface area contributed by atoms with E-state index in [1.54, 1.807) is 0 Å². The third-order valence-corrected chi connectivity index (χ3v) is 3.12. The number of terminal acetylenes is 1. The van der Waals surface area contributed by atoms with E-state index in [-0.39, 0.29) is 0 Å². The first-order valence-corrected chi connectivity index (χ1v) is 5.93. The number of hydrogen-bond donors (Lipinski definition) is 0. The van der Waals surface area contributed by atoms with Gasteiger partial charge < -0.3 is 9.64 Å². The minimum absolute atomic E-state index is 0.639. The summed E-state index contributed by atoms with van der Waals surface area (Å²) >= 11 is 0. The lowest BCUT2D eigenvalue weighted by Gasteiger charge is -2.27. The highest BCUT2D eigenvalue weighted by Crippen LogP contribution is 2.20. The van der Waals surface area contributed by atoms with Gasteiger partial charge in [-0.3, -0.25) is 4.40 Å². The molecule has 0 unspecified atom stereocenters. The van der Waals surface area contributed by atoms with Crippen LogP contribution in [0.5, 0.6) is 0 Å². The van der Waals surface area contributed by atoms with Crippen molar-refractivity contribution >= 4 is 11.5 Å². The van der Waals surface area contributed by atoms with Crippen molar-refractivity contribution < 1.29 is 4.74 Å². The topological polar surface area (TPSA) is 42.7 Å². The number of anilines is 1. The number of ether oxygens (including phenoxy) is 1. The van der Waals surface area contributed by atoms with Crippen molar-refractivity contribution in [3.63, 3.8) is 0 Å². The molecule has 3 heterocycles. The van der Waals surface area contributed by atoms with Gasteiger partial charge in [0, 0.05) is 31.2 Å². The molecule has 0 amide bonds. The highest BCUT2D eigenvalue weighted by molar-refractivity contribution is 5.66. The van der Waals surface area contributed by atoms with Crippen molar-refractivity contribution in [2.24, 2.45) is 0 Å². The molecule has 0 bridgehead atoms. The number of aromatic nitrogens is 3. The summed E-state index contributed by atoms with van der Waals surface area (Å²) < 4.78 is 7.35. The van der Waals surface area contributed by atoms with Crippen LogP contribution in [0.3, 0.4) is 0 Å². The van der Waals surface area contributed by atoms with E-state index >= 15 is 0 Å². The van der Waals surface area contributed by atoms with Crippen LogP contribution in [0.4, 0.5) is 5.82 Å². The van der Waals surface area contributed by atoms with E-state index in [2.05, 4.69) is 20.8 Å². The predicted molar refractivity (Wildman–Crippen MR) is 68.7 cm³/mol. The van der Waals surface area contributed by atoms with Gasteiger partial charge in [-0.15, -0.1) is 6.42 Å². The molecule has 0 N–H and O–H groups in total. The second-order valence-electron chi connectivity index (χ2n) is 4.29. The lowest BCUT2D eigenvalue weighted by atomic mass is 10.4. The average Bonchev–Trinajstić information content (AvgIpc) is 2.85. The molecule has 5 heteroatoms. The van der Waals surface area contributed by atoms with E-state index in [4.69, 9.17) is 11.2 Å². The Morgan fingerprint density at radius 1 is 1.39 bits per heavy atom. The summed E-state index contributed by atoms with van der Waals surface area (Å²) in [5.74, 6) is 3.45. The lowest BCUT2D eigenvalue weighted by molar-refractivity contribution is 0.122. The fourth-order valence-corrected chi connectivity index (χ4v) is 2.15. The molecular weight excluding hydrogens is 228 g/mol. The van der Waals surface area contributed by atoms with Crippen LogP contribution in [-0.2, 0) is 4.74 Å². The third kappa shape index (κ3) is 1.71. The molecule has 0 spiro atoms. The summed E-state index contributed by atoms with van der Waals surface area (Å²) in [6.45, 7) is 5.12. The summed E-state index contributed by atoms with van der Waals surface area (Å²) in [4.78, 5) is 11.1. The Kier molecular flexibility index (Phi) is 2.65. The fraction of sp³-hybridized carbons (Fsp3) is 0.385. The third-order valence-electron chi connectivity index (χ3n) is 3.12. The minimum atomic E-state index is 0.639. The van der Waals surface area contributed by atoms with Crippen LogP contribution >= 0.6 is 0 Å². The molecule has 2 aromatic rings. The average molecular weight is 242 g/mol. The molecule has 1 aliphatic rings. The molecular formula is C13H14N4O. The molecule has 3 rings (SSSR count). The Balaban J connectivity index is 2.14. The fourth-order valence-electron chi connectivity index (χ4n) is 2.15. The van der Waals surface area contributed by atoms with E-state index < -0.39 is 0 Å². The van der Waals surface area contributed by atoms with E-state index in [1.165, 1.54) is 0 Å². The van der Waals surface area contributed by atoms with Crippen LogP contribution in [-0.4, -0.2) is 40.7 Å². The Bertz CT molecular complexity index is 620. The molecule has 1 aliphatic heterocycles. The molecule has 1 fully saturated rings. The highest BCUT2D eigenvalue weighted by atomic mass is 16.5. The molecule has 0 atom stereocenters. The molecule has 0 aromatic carbocycles. The minimum Gasteiger partial charge on any atom is -0.378 e. The smallest absolute Gasteiger partial charge is 0.181 e.